The summed E-state index contributed by atoms with van der Waals surface area (Å²) >= 11 is 0. The largest absolute Gasteiger partial charge is 0.507 e. The van der Waals surface area contributed by atoms with E-state index < -0.39 is 12.2 Å². The van der Waals surface area contributed by atoms with E-state index >= 15 is 0 Å². The van der Waals surface area contributed by atoms with Gasteiger partial charge in [0.2, 0.25) is 5.78 Å². The third-order valence-electron chi connectivity index (χ3n) is 3.69. The Bertz CT molecular complexity index is 696. The average Bonchev–Trinajstić information content (AvgIpc) is 2.55. The highest BCUT2D eigenvalue weighted by atomic mass is 16.5. The zero-order chi connectivity index (χ0) is 15.7. The van der Waals surface area contributed by atoms with Crippen LogP contribution in [0.5, 0.6) is 17.2 Å². The van der Waals surface area contributed by atoms with Crippen LogP contribution >= 0.6 is 0 Å². The molecule has 1 aliphatic heterocycles. The van der Waals surface area contributed by atoms with Gasteiger partial charge in [0, 0.05) is 19.2 Å². The topological polar surface area (TPSA) is 65.0 Å². The fourth-order valence-corrected chi connectivity index (χ4v) is 2.63. The molecule has 0 aliphatic carbocycles. The first-order valence-corrected chi connectivity index (χ1v) is 6.84. The number of carbonyl (C=O) groups is 1. The zero-order valence-electron chi connectivity index (χ0n) is 12.3. The van der Waals surface area contributed by atoms with Gasteiger partial charge in [-0.05, 0) is 5.56 Å². The molecule has 0 amide bonds. The van der Waals surface area contributed by atoms with Crippen molar-refractivity contribution in [3.63, 3.8) is 0 Å². The lowest BCUT2D eigenvalue weighted by atomic mass is 9.93. The SMILES string of the molecule is COc1cc(O)c2c(c1)OC(c1ccccc1)C(=O)C2OC. The van der Waals surface area contributed by atoms with Crippen molar-refractivity contribution in [2.75, 3.05) is 14.2 Å². The molecular formula is C17H16O5. The molecule has 3 rings (SSSR count). The monoisotopic (exact) mass is 300 g/mol. The van der Waals surface area contributed by atoms with Crippen molar-refractivity contribution in [1.29, 1.82) is 0 Å². The molecule has 1 aliphatic rings. The number of carbonyl (C=O) groups excluding carboxylic acids is 1. The zero-order valence-corrected chi connectivity index (χ0v) is 12.3. The van der Waals surface area contributed by atoms with E-state index in [9.17, 15) is 9.90 Å². The Morgan fingerprint density at radius 3 is 2.50 bits per heavy atom. The maximum atomic E-state index is 12.6. The molecule has 2 aromatic rings. The summed E-state index contributed by atoms with van der Waals surface area (Å²) in [4.78, 5) is 12.6. The number of phenols is 1. The number of aromatic hydroxyl groups is 1. The molecule has 0 spiro atoms. The Kier molecular flexibility index (Phi) is 3.73. The van der Waals surface area contributed by atoms with Gasteiger partial charge in [-0.25, -0.2) is 0 Å². The maximum absolute atomic E-state index is 12.6. The number of rotatable bonds is 3. The first-order valence-electron chi connectivity index (χ1n) is 6.84. The van der Waals surface area contributed by atoms with Crippen LogP contribution in [0, 0.1) is 0 Å². The van der Waals surface area contributed by atoms with E-state index in [1.807, 2.05) is 30.3 Å². The van der Waals surface area contributed by atoms with E-state index in [0.717, 1.165) is 5.56 Å². The Hall–Kier alpha value is -2.53. The number of methoxy groups -OCH3 is 2. The van der Waals surface area contributed by atoms with Gasteiger partial charge in [0.1, 0.15) is 17.2 Å². The third-order valence-corrected chi connectivity index (χ3v) is 3.69. The van der Waals surface area contributed by atoms with Crippen molar-refractivity contribution < 1.29 is 24.1 Å². The normalized spacial score (nSPS) is 20.2. The molecule has 0 bridgehead atoms. The van der Waals surface area contributed by atoms with E-state index in [4.69, 9.17) is 14.2 Å². The number of fused-ring (bicyclic) bond motifs is 1. The van der Waals surface area contributed by atoms with E-state index in [1.165, 1.54) is 20.3 Å². The summed E-state index contributed by atoms with van der Waals surface area (Å²) in [7, 11) is 2.93. The van der Waals surface area contributed by atoms with Crippen molar-refractivity contribution in [3.05, 3.63) is 53.6 Å². The third kappa shape index (κ3) is 2.29. The number of ether oxygens (including phenoxy) is 3. The van der Waals surface area contributed by atoms with E-state index in [0.29, 0.717) is 17.1 Å². The molecule has 1 heterocycles. The number of benzene rings is 2. The quantitative estimate of drug-likeness (QED) is 0.944. The van der Waals surface area contributed by atoms with Gasteiger partial charge in [-0.2, -0.15) is 0 Å². The molecule has 0 fully saturated rings. The van der Waals surface area contributed by atoms with Gasteiger partial charge >= 0.3 is 0 Å². The number of hydrogen-bond donors (Lipinski definition) is 1. The highest BCUT2D eigenvalue weighted by molar-refractivity contribution is 5.92. The smallest absolute Gasteiger partial charge is 0.211 e. The Balaban J connectivity index is 2.11. The fourth-order valence-electron chi connectivity index (χ4n) is 2.63. The molecule has 1 N–H and O–H groups in total. The van der Waals surface area contributed by atoms with Gasteiger partial charge < -0.3 is 19.3 Å². The fraction of sp³-hybridized carbons (Fsp3) is 0.235. The molecule has 5 heteroatoms. The second kappa shape index (κ2) is 5.69. The number of hydrogen-bond acceptors (Lipinski definition) is 5. The minimum absolute atomic E-state index is 0.0824. The second-order valence-electron chi connectivity index (χ2n) is 4.99. The molecule has 0 aromatic heterocycles. The van der Waals surface area contributed by atoms with Crippen LogP contribution in [0.2, 0.25) is 0 Å². The number of phenolic OH excluding ortho intramolecular Hbond substituents is 1. The lowest BCUT2D eigenvalue weighted by Gasteiger charge is -2.31. The van der Waals surface area contributed by atoms with E-state index in [2.05, 4.69) is 0 Å². The highest BCUT2D eigenvalue weighted by Crippen LogP contribution is 2.46. The van der Waals surface area contributed by atoms with Crippen molar-refractivity contribution in [3.8, 4) is 17.2 Å². The molecular weight excluding hydrogens is 284 g/mol. The highest BCUT2D eigenvalue weighted by Gasteiger charge is 2.40. The van der Waals surface area contributed by atoms with Crippen LogP contribution in [0.4, 0.5) is 0 Å². The second-order valence-corrected chi connectivity index (χ2v) is 4.99. The summed E-state index contributed by atoms with van der Waals surface area (Å²) in [6.07, 6.45) is -1.65. The minimum atomic E-state index is -0.875. The average molecular weight is 300 g/mol. The molecule has 2 unspecified atom stereocenters. The lowest BCUT2D eigenvalue weighted by molar-refractivity contribution is -0.139. The van der Waals surface area contributed by atoms with Gasteiger partial charge in [-0.3, -0.25) is 4.79 Å². The van der Waals surface area contributed by atoms with Crippen LogP contribution in [0.15, 0.2) is 42.5 Å². The summed E-state index contributed by atoms with van der Waals surface area (Å²) in [6, 6.07) is 12.3. The van der Waals surface area contributed by atoms with Gasteiger partial charge in [-0.1, -0.05) is 30.3 Å². The minimum Gasteiger partial charge on any atom is -0.507 e. The Labute approximate surface area is 128 Å². The number of Topliss-reactive ketones (excluding diaryl/α,β-unsaturated/α-hetero) is 1. The van der Waals surface area contributed by atoms with Crippen LogP contribution in [-0.4, -0.2) is 25.1 Å². The Morgan fingerprint density at radius 1 is 1.14 bits per heavy atom. The van der Waals surface area contributed by atoms with Crippen LogP contribution < -0.4 is 9.47 Å². The van der Waals surface area contributed by atoms with Gasteiger partial charge in [-0.15, -0.1) is 0 Å². The predicted octanol–water partition coefficient (Wildman–Crippen LogP) is 2.79. The van der Waals surface area contributed by atoms with Crippen molar-refractivity contribution in [2.45, 2.75) is 12.2 Å². The van der Waals surface area contributed by atoms with Crippen LogP contribution in [-0.2, 0) is 9.53 Å². The summed E-state index contributed by atoms with van der Waals surface area (Å²) < 4.78 is 16.3. The standard InChI is InChI=1S/C17H16O5/c1-20-11-8-12(18)14-13(9-11)22-16(15(19)17(14)21-2)10-6-4-3-5-7-10/h3-9,16-18H,1-2H3. The molecule has 0 saturated heterocycles. The summed E-state index contributed by atoms with van der Waals surface area (Å²) in [5, 5.41) is 10.2. The van der Waals surface area contributed by atoms with Gasteiger partial charge in [0.25, 0.3) is 0 Å². The first kappa shape index (κ1) is 14.4. The molecule has 0 saturated carbocycles. The first-order chi connectivity index (χ1) is 10.7. The molecule has 2 atom stereocenters. The maximum Gasteiger partial charge on any atom is 0.211 e. The number of ketones is 1. The Morgan fingerprint density at radius 2 is 1.86 bits per heavy atom. The van der Waals surface area contributed by atoms with Crippen molar-refractivity contribution in [2.24, 2.45) is 0 Å². The van der Waals surface area contributed by atoms with Crippen LogP contribution in [0.25, 0.3) is 0 Å². The van der Waals surface area contributed by atoms with Gasteiger partial charge in [0.05, 0.1) is 12.7 Å². The summed E-state index contributed by atoms with van der Waals surface area (Å²) in [5.74, 6) is 0.507. The molecule has 2 aromatic carbocycles. The predicted molar refractivity (Wildman–Crippen MR) is 79.2 cm³/mol. The van der Waals surface area contributed by atoms with Crippen molar-refractivity contribution in [1.82, 2.24) is 0 Å². The lowest BCUT2D eigenvalue weighted by Crippen LogP contribution is -2.31. The van der Waals surface area contributed by atoms with E-state index in [-0.39, 0.29) is 11.5 Å². The molecule has 114 valence electrons. The van der Waals surface area contributed by atoms with Crippen molar-refractivity contribution >= 4 is 5.78 Å². The molecule has 5 nitrogen and oxygen atoms in total. The molecule has 0 radical (unpaired) electrons. The van der Waals surface area contributed by atoms with Crippen LogP contribution in [0.3, 0.4) is 0 Å². The van der Waals surface area contributed by atoms with E-state index in [1.54, 1.807) is 6.07 Å². The van der Waals surface area contributed by atoms with Crippen LogP contribution in [0.1, 0.15) is 23.3 Å². The summed E-state index contributed by atoms with van der Waals surface area (Å²) in [5.41, 5.74) is 1.07. The summed E-state index contributed by atoms with van der Waals surface area (Å²) in [6.45, 7) is 0. The molecule has 22 heavy (non-hydrogen) atoms. The van der Waals surface area contributed by atoms with Gasteiger partial charge in [0.15, 0.2) is 12.2 Å².